The van der Waals surface area contributed by atoms with E-state index in [-0.39, 0.29) is 38.1 Å². The highest BCUT2D eigenvalue weighted by molar-refractivity contribution is 5.97. The van der Waals surface area contributed by atoms with Crippen LogP contribution in [-0.4, -0.2) is 148 Å². The second kappa shape index (κ2) is 28.9. The Kier molecular flexibility index (Phi) is 25.9. The van der Waals surface area contributed by atoms with Crippen LogP contribution >= 0.6 is 0 Å². The van der Waals surface area contributed by atoms with Gasteiger partial charge in [0.25, 0.3) is 0 Å². The molecule has 0 unspecified atom stereocenters. The van der Waals surface area contributed by atoms with Crippen molar-refractivity contribution < 1.29 is 72.9 Å². The van der Waals surface area contributed by atoms with Crippen molar-refractivity contribution in [2.24, 2.45) is 23.1 Å². The summed E-state index contributed by atoms with van der Waals surface area (Å²) >= 11 is 0. The fourth-order valence-electron chi connectivity index (χ4n) is 5.25. The van der Waals surface area contributed by atoms with E-state index < -0.39 is 146 Å². The molecular formula is C36H61N11O15. The number of hydrogen-bond acceptors (Lipinski definition) is 14. The molecule has 62 heavy (non-hydrogen) atoms. The Morgan fingerprint density at radius 1 is 0.516 bits per heavy atom. The summed E-state index contributed by atoms with van der Waals surface area (Å²) < 4.78 is 0. The summed E-state index contributed by atoms with van der Waals surface area (Å²) in [6, 6.07) is -9.71. The fraction of sp³-hybridized carbons (Fsp3) is 0.667. The van der Waals surface area contributed by atoms with Crippen molar-refractivity contribution in [1.29, 1.82) is 0 Å². The number of rotatable bonds is 31. The molecule has 26 heteroatoms. The molecule has 0 saturated carbocycles. The van der Waals surface area contributed by atoms with Gasteiger partial charge in [0.2, 0.25) is 53.2 Å². The van der Waals surface area contributed by atoms with Crippen LogP contribution in [0.1, 0.15) is 85.5 Å². The molecule has 0 aliphatic carbocycles. The molecule has 7 atom stereocenters. The van der Waals surface area contributed by atoms with Crippen LogP contribution in [0.15, 0.2) is 0 Å². The Bertz CT molecular complexity index is 1630. The van der Waals surface area contributed by atoms with Crippen molar-refractivity contribution in [1.82, 2.24) is 42.5 Å². The molecule has 0 radical (unpaired) electrons. The number of hydrogen-bond donors (Lipinski definition) is 14. The van der Waals surface area contributed by atoms with Crippen LogP contribution in [-0.2, 0) is 57.5 Å². The van der Waals surface area contributed by atoms with Gasteiger partial charge < -0.3 is 75.1 Å². The quantitative estimate of drug-likeness (QED) is 0.0289. The summed E-state index contributed by atoms with van der Waals surface area (Å²) in [6.07, 6.45) is -1.64. The molecule has 0 aliphatic rings. The Labute approximate surface area is 356 Å². The fourth-order valence-corrected chi connectivity index (χ4v) is 5.25. The first-order valence-corrected chi connectivity index (χ1v) is 19.6. The maximum atomic E-state index is 13.2. The third-order valence-electron chi connectivity index (χ3n) is 8.62. The second-order valence-corrected chi connectivity index (χ2v) is 14.7. The SMILES string of the molecule is CC(C)C[C@H](NC(=O)[C@H](CCC(N)=O)NC(=O)[C@H](C)NC(=O)CNC(=O)CNC(=O)[C@H](C)NC(=O)[C@H](CCCCN)NC(=O)[C@H](CCC(=O)O)NC(=O)[C@@H](N)CC(=O)O)C(=O)O. The van der Waals surface area contributed by atoms with Gasteiger partial charge in [0, 0.05) is 12.8 Å². The number of nitrogens with two attached hydrogens (primary N) is 3. The monoisotopic (exact) mass is 887 g/mol. The van der Waals surface area contributed by atoms with E-state index in [4.69, 9.17) is 27.4 Å². The maximum absolute atomic E-state index is 13.2. The summed E-state index contributed by atoms with van der Waals surface area (Å²) in [5, 5.41) is 45.9. The van der Waals surface area contributed by atoms with Crippen LogP contribution in [0, 0.1) is 5.92 Å². The zero-order chi connectivity index (χ0) is 47.7. The third kappa shape index (κ3) is 24.0. The number of amides is 9. The van der Waals surface area contributed by atoms with Crippen molar-refractivity contribution in [2.45, 2.75) is 128 Å². The zero-order valence-corrected chi connectivity index (χ0v) is 35.1. The summed E-state index contributed by atoms with van der Waals surface area (Å²) in [5.74, 6) is -12.3. The topological polar surface area (TPSA) is 440 Å². The van der Waals surface area contributed by atoms with Crippen molar-refractivity contribution in [3.8, 4) is 0 Å². The summed E-state index contributed by atoms with van der Waals surface area (Å²) in [6.45, 7) is 4.85. The van der Waals surface area contributed by atoms with Crippen LogP contribution in [0.4, 0.5) is 0 Å². The molecule has 0 aliphatic heterocycles. The van der Waals surface area contributed by atoms with E-state index in [0.717, 1.165) is 0 Å². The van der Waals surface area contributed by atoms with Gasteiger partial charge in [0.15, 0.2) is 0 Å². The number of nitrogens with one attached hydrogen (secondary N) is 8. The van der Waals surface area contributed by atoms with Gasteiger partial charge in [-0.2, -0.15) is 0 Å². The van der Waals surface area contributed by atoms with Crippen molar-refractivity contribution in [3.63, 3.8) is 0 Å². The molecule has 0 fully saturated rings. The third-order valence-corrected chi connectivity index (χ3v) is 8.62. The molecule has 0 heterocycles. The Hall–Kier alpha value is -6.44. The first-order chi connectivity index (χ1) is 28.9. The minimum atomic E-state index is -1.57. The first-order valence-electron chi connectivity index (χ1n) is 19.6. The highest BCUT2D eigenvalue weighted by Crippen LogP contribution is 2.08. The normalized spacial score (nSPS) is 14.2. The van der Waals surface area contributed by atoms with Crippen LogP contribution in [0.5, 0.6) is 0 Å². The summed E-state index contributed by atoms with van der Waals surface area (Å²) in [7, 11) is 0. The molecular weight excluding hydrogens is 826 g/mol. The number of carbonyl (C=O) groups is 12. The van der Waals surface area contributed by atoms with Crippen molar-refractivity contribution >= 4 is 71.1 Å². The lowest BCUT2D eigenvalue weighted by Crippen LogP contribution is -2.57. The van der Waals surface area contributed by atoms with Crippen LogP contribution in [0.2, 0.25) is 0 Å². The lowest BCUT2D eigenvalue weighted by Gasteiger charge is -2.25. The lowest BCUT2D eigenvalue weighted by molar-refractivity contribution is -0.143. The first kappa shape index (κ1) is 55.6. The van der Waals surface area contributed by atoms with Gasteiger partial charge in [0.1, 0.15) is 36.3 Å². The van der Waals surface area contributed by atoms with Gasteiger partial charge >= 0.3 is 17.9 Å². The Morgan fingerprint density at radius 3 is 1.52 bits per heavy atom. The minimum Gasteiger partial charge on any atom is -0.481 e. The minimum absolute atomic E-state index is 0.0111. The molecule has 0 aromatic rings. The Balaban J connectivity index is 5.35. The van der Waals surface area contributed by atoms with Gasteiger partial charge in [-0.1, -0.05) is 13.8 Å². The highest BCUT2D eigenvalue weighted by atomic mass is 16.4. The van der Waals surface area contributed by atoms with Crippen LogP contribution in [0.3, 0.4) is 0 Å². The average Bonchev–Trinajstić information content (AvgIpc) is 3.17. The van der Waals surface area contributed by atoms with Crippen molar-refractivity contribution in [3.05, 3.63) is 0 Å². The predicted octanol–water partition coefficient (Wildman–Crippen LogP) is -5.64. The molecule has 0 saturated heterocycles. The number of primary amides is 1. The smallest absolute Gasteiger partial charge is 0.326 e. The van der Waals surface area contributed by atoms with E-state index >= 15 is 0 Å². The van der Waals surface area contributed by atoms with Crippen molar-refractivity contribution in [2.75, 3.05) is 19.6 Å². The van der Waals surface area contributed by atoms with E-state index in [0.29, 0.717) is 12.8 Å². The number of carbonyl (C=O) groups excluding carboxylic acids is 9. The Morgan fingerprint density at radius 2 is 1.00 bits per heavy atom. The van der Waals surface area contributed by atoms with Gasteiger partial charge in [0.05, 0.1) is 25.6 Å². The molecule has 17 N–H and O–H groups in total. The standard InChI is InChI=1S/C36H61N11O15/c1-17(2)13-24(36(61)62)47-35(60)22(8-10-25(39)48)44-31(56)19(4)42-27(50)16-40-26(49)15-41-30(55)18(3)43-33(58)21(7-5-6-12-37)46-34(59)23(9-11-28(51)52)45-32(57)20(38)14-29(53)54/h17-24H,5-16,37-38H2,1-4H3,(H2,39,48)(H,40,49)(H,41,55)(H,42,50)(H,43,58)(H,44,56)(H,45,57)(H,46,59)(H,47,60)(H,51,52)(H,53,54)(H,61,62)/t18-,19-,20-,21-,22-,23-,24-/m0/s1. The average molecular weight is 888 g/mol. The molecule has 350 valence electrons. The van der Waals surface area contributed by atoms with E-state index in [2.05, 4.69) is 42.5 Å². The molecule has 0 bridgehead atoms. The van der Waals surface area contributed by atoms with Gasteiger partial charge in [-0.15, -0.1) is 0 Å². The summed E-state index contributed by atoms with van der Waals surface area (Å²) in [5.41, 5.74) is 16.3. The highest BCUT2D eigenvalue weighted by Gasteiger charge is 2.31. The number of carboxylic acids is 3. The maximum Gasteiger partial charge on any atom is 0.326 e. The van der Waals surface area contributed by atoms with Gasteiger partial charge in [-0.3, -0.25) is 52.7 Å². The number of unbranched alkanes of at least 4 members (excludes halogenated alkanes) is 1. The second-order valence-electron chi connectivity index (χ2n) is 14.7. The number of carboxylic acid groups (broad SMARTS) is 3. The number of aliphatic carboxylic acids is 3. The molecule has 9 amide bonds. The lowest BCUT2D eigenvalue weighted by atomic mass is 10.0. The summed E-state index contributed by atoms with van der Waals surface area (Å²) in [4.78, 5) is 147. The zero-order valence-electron chi connectivity index (χ0n) is 35.1. The van der Waals surface area contributed by atoms with Crippen LogP contribution < -0.4 is 59.7 Å². The molecule has 0 aromatic heterocycles. The van der Waals surface area contributed by atoms with E-state index in [1.165, 1.54) is 13.8 Å². The van der Waals surface area contributed by atoms with Gasteiger partial charge in [-0.25, -0.2) is 4.79 Å². The van der Waals surface area contributed by atoms with E-state index in [1.807, 2.05) is 0 Å². The molecule has 0 rings (SSSR count). The van der Waals surface area contributed by atoms with E-state index in [1.54, 1.807) is 13.8 Å². The molecule has 26 nitrogen and oxygen atoms in total. The van der Waals surface area contributed by atoms with E-state index in [9.17, 15) is 62.6 Å². The largest absolute Gasteiger partial charge is 0.481 e. The molecule has 0 aromatic carbocycles. The predicted molar refractivity (Wildman–Crippen MR) is 214 cm³/mol. The molecule has 0 spiro atoms. The van der Waals surface area contributed by atoms with Gasteiger partial charge in [-0.05, 0) is 64.8 Å². The van der Waals surface area contributed by atoms with Crippen LogP contribution in [0.25, 0.3) is 0 Å².